The van der Waals surface area contributed by atoms with E-state index in [1.54, 1.807) is 0 Å². The lowest BCUT2D eigenvalue weighted by Crippen LogP contribution is -2.31. The molecule has 0 saturated heterocycles. The quantitative estimate of drug-likeness (QED) is 0.786. The smallest absolute Gasteiger partial charge is 0.161 e. The maximum Gasteiger partial charge on any atom is 0.161 e. The first-order valence-electron chi connectivity index (χ1n) is 5.95. The monoisotopic (exact) mass is 303 g/mol. The van der Waals surface area contributed by atoms with Crippen LogP contribution in [0.1, 0.15) is 11.1 Å². The summed E-state index contributed by atoms with van der Waals surface area (Å²) in [5.74, 6) is 1.01. The van der Waals surface area contributed by atoms with Crippen LogP contribution < -0.4 is 9.64 Å². The van der Waals surface area contributed by atoms with Crippen molar-refractivity contribution in [2.24, 2.45) is 0 Å². The fraction of sp³-hybridized carbons (Fsp3) is 0.200. The van der Waals surface area contributed by atoms with Crippen molar-refractivity contribution < 1.29 is 4.74 Å². The largest absolute Gasteiger partial charge is 0.473 e. The molecule has 3 rings (SSSR count). The van der Waals surface area contributed by atoms with Crippen molar-refractivity contribution in [3.63, 3.8) is 0 Å². The van der Waals surface area contributed by atoms with Crippen molar-refractivity contribution >= 4 is 21.6 Å². The number of aryl methyl sites for hydroxylation is 1. The summed E-state index contributed by atoms with van der Waals surface area (Å²) >= 11 is 3.46. The molecule has 0 aliphatic carbocycles. The summed E-state index contributed by atoms with van der Waals surface area (Å²) in [6.07, 6.45) is 0. The van der Waals surface area contributed by atoms with Gasteiger partial charge in [-0.3, -0.25) is 0 Å². The number of benzene rings is 2. The minimum Gasteiger partial charge on any atom is -0.473 e. The summed E-state index contributed by atoms with van der Waals surface area (Å²) < 4.78 is 6.89. The van der Waals surface area contributed by atoms with Crippen LogP contribution in [0.15, 0.2) is 46.9 Å². The molecule has 1 aliphatic heterocycles. The predicted molar refractivity (Wildman–Crippen MR) is 77.0 cm³/mol. The molecule has 1 heterocycles. The number of anilines is 1. The predicted octanol–water partition coefficient (Wildman–Crippen LogP) is 4.11. The van der Waals surface area contributed by atoms with Gasteiger partial charge in [0.2, 0.25) is 0 Å². The Bertz CT molecular complexity index is 565. The van der Waals surface area contributed by atoms with Crippen LogP contribution in [0.5, 0.6) is 5.75 Å². The van der Waals surface area contributed by atoms with Crippen LogP contribution in [0.4, 0.5) is 5.69 Å². The molecular formula is C15H14BrNO. The molecule has 0 radical (unpaired) electrons. The second-order valence-electron chi connectivity index (χ2n) is 4.56. The van der Waals surface area contributed by atoms with Gasteiger partial charge in [-0.1, -0.05) is 33.6 Å². The molecular weight excluding hydrogens is 290 g/mol. The van der Waals surface area contributed by atoms with Gasteiger partial charge in [0, 0.05) is 22.3 Å². The molecule has 2 aromatic carbocycles. The Morgan fingerprint density at radius 2 is 1.89 bits per heavy atom. The topological polar surface area (TPSA) is 12.5 Å². The molecule has 1 aliphatic rings. The first-order valence-corrected chi connectivity index (χ1v) is 6.74. The van der Waals surface area contributed by atoms with E-state index < -0.39 is 0 Å². The molecule has 0 N–H and O–H groups in total. The number of hydrogen-bond acceptors (Lipinski definition) is 2. The zero-order chi connectivity index (χ0) is 12.5. The van der Waals surface area contributed by atoms with Crippen molar-refractivity contribution in [1.82, 2.24) is 0 Å². The Balaban J connectivity index is 1.88. The normalized spacial score (nSPS) is 14.0. The van der Waals surface area contributed by atoms with Gasteiger partial charge >= 0.3 is 0 Å². The third-order valence-corrected chi connectivity index (χ3v) is 3.67. The van der Waals surface area contributed by atoms with Crippen molar-refractivity contribution in [2.45, 2.75) is 13.5 Å². The van der Waals surface area contributed by atoms with Gasteiger partial charge in [-0.25, -0.2) is 0 Å². The molecule has 3 heteroatoms. The highest BCUT2D eigenvalue weighted by Crippen LogP contribution is 2.29. The summed E-state index contributed by atoms with van der Waals surface area (Å²) in [4.78, 5) is 2.23. The highest BCUT2D eigenvalue weighted by Gasteiger charge is 2.17. The fourth-order valence-electron chi connectivity index (χ4n) is 2.19. The van der Waals surface area contributed by atoms with Gasteiger partial charge < -0.3 is 9.64 Å². The van der Waals surface area contributed by atoms with Gasteiger partial charge in [-0.15, -0.1) is 0 Å². The van der Waals surface area contributed by atoms with E-state index in [0.717, 1.165) is 16.8 Å². The Labute approximate surface area is 115 Å². The Morgan fingerprint density at radius 3 is 2.67 bits per heavy atom. The molecule has 2 nitrogen and oxygen atoms in total. The third kappa shape index (κ3) is 2.23. The minimum absolute atomic E-state index is 0.609. The van der Waals surface area contributed by atoms with Crippen molar-refractivity contribution in [1.29, 1.82) is 0 Å². The van der Waals surface area contributed by atoms with Gasteiger partial charge in [-0.05, 0) is 37.3 Å². The van der Waals surface area contributed by atoms with Crippen molar-refractivity contribution in [3.05, 3.63) is 58.1 Å². The fourth-order valence-corrected chi connectivity index (χ4v) is 2.45. The molecule has 92 valence electrons. The van der Waals surface area contributed by atoms with E-state index in [1.165, 1.54) is 16.8 Å². The first kappa shape index (κ1) is 11.6. The second-order valence-corrected chi connectivity index (χ2v) is 5.47. The number of rotatable bonds is 1. The lowest BCUT2D eigenvalue weighted by molar-refractivity contribution is 0.289. The average Bonchev–Trinajstić information content (AvgIpc) is 2.38. The highest BCUT2D eigenvalue weighted by atomic mass is 79.9. The van der Waals surface area contributed by atoms with Crippen molar-refractivity contribution in [2.75, 3.05) is 11.6 Å². The molecule has 0 aromatic heterocycles. The van der Waals surface area contributed by atoms with Crippen LogP contribution in [0.2, 0.25) is 0 Å². The Hall–Kier alpha value is -1.48. The lowest BCUT2D eigenvalue weighted by Gasteiger charge is -2.31. The van der Waals surface area contributed by atoms with E-state index in [-0.39, 0.29) is 0 Å². The molecule has 0 atom stereocenters. The van der Waals surface area contributed by atoms with Gasteiger partial charge in [-0.2, -0.15) is 0 Å². The molecule has 0 amide bonds. The maximum absolute atomic E-state index is 5.79. The standard InChI is InChI=1S/C15H14BrNO/c1-11-2-7-15-12(8-11)9-17(10-18-15)14-5-3-13(16)4-6-14/h2-8H,9-10H2,1H3. The molecule has 2 aromatic rings. The summed E-state index contributed by atoms with van der Waals surface area (Å²) in [7, 11) is 0. The van der Waals surface area contributed by atoms with Gasteiger partial charge in [0.25, 0.3) is 0 Å². The van der Waals surface area contributed by atoms with Crippen LogP contribution in [-0.2, 0) is 6.54 Å². The molecule has 0 bridgehead atoms. The Morgan fingerprint density at radius 1 is 1.11 bits per heavy atom. The zero-order valence-electron chi connectivity index (χ0n) is 10.2. The maximum atomic E-state index is 5.79. The molecule has 0 fully saturated rings. The molecule has 18 heavy (non-hydrogen) atoms. The van der Waals surface area contributed by atoms with Gasteiger partial charge in [0.15, 0.2) is 6.73 Å². The number of fused-ring (bicyclic) bond motifs is 1. The minimum atomic E-state index is 0.609. The molecule has 0 saturated carbocycles. The highest BCUT2D eigenvalue weighted by molar-refractivity contribution is 9.10. The summed E-state index contributed by atoms with van der Waals surface area (Å²) in [6.45, 7) is 3.62. The number of halogens is 1. The van der Waals surface area contributed by atoms with E-state index in [0.29, 0.717) is 6.73 Å². The van der Waals surface area contributed by atoms with Crippen LogP contribution in [0.3, 0.4) is 0 Å². The number of hydrogen-bond donors (Lipinski definition) is 0. The van der Waals surface area contributed by atoms with E-state index in [4.69, 9.17) is 4.74 Å². The number of nitrogens with zero attached hydrogens (tertiary/aromatic N) is 1. The lowest BCUT2D eigenvalue weighted by atomic mass is 10.1. The van der Waals surface area contributed by atoms with Gasteiger partial charge in [0.1, 0.15) is 5.75 Å². The Kier molecular flexibility index (Phi) is 3.00. The van der Waals surface area contributed by atoms with Crippen molar-refractivity contribution in [3.8, 4) is 5.75 Å². The van der Waals surface area contributed by atoms with Gasteiger partial charge in [0.05, 0.1) is 0 Å². The zero-order valence-corrected chi connectivity index (χ0v) is 11.8. The molecule has 0 spiro atoms. The summed E-state index contributed by atoms with van der Waals surface area (Å²) in [5.41, 5.74) is 3.71. The second kappa shape index (κ2) is 4.65. The van der Waals surface area contributed by atoms with Crippen LogP contribution in [0, 0.1) is 6.92 Å². The molecule has 0 unspecified atom stereocenters. The van der Waals surface area contributed by atoms with Crippen LogP contribution in [0.25, 0.3) is 0 Å². The van der Waals surface area contributed by atoms with E-state index in [2.05, 4.69) is 70.2 Å². The van der Waals surface area contributed by atoms with Crippen LogP contribution in [-0.4, -0.2) is 6.73 Å². The van der Waals surface area contributed by atoms with Crippen LogP contribution >= 0.6 is 15.9 Å². The first-order chi connectivity index (χ1) is 8.72. The summed E-state index contributed by atoms with van der Waals surface area (Å²) in [5, 5.41) is 0. The average molecular weight is 304 g/mol. The third-order valence-electron chi connectivity index (χ3n) is 3.14. The van der Waals surface area contributed by atoms with E-state index in [1.807, 2.05) is 0 Å². The SMILES string of the molecule is Cc1ccc2c(c1)CN(c1ccc(Br)cc1)CO2. The summed E-state index contributed by atoms with van der Waals surface area (Å²) in [6, 6.07) is 14.7. The van der Waals surface area contributed by atoms with E-state index in [9.17, 15) is 0 Å². The number of ether oxygens (including phenoxy) is 1. The van der Waals surface area contributed by atoms with E-state index >= 15 is 0 Å².